The number of rotatable bonds is 0. The Morgan fingerprint density at radius 3 is 2.77 bits per heavy atom. The molecule has 0 atom stereocenters. The lowest BCUT2D eigenvalue weighted by Crippen LogP contribution is -1.87. The monoisotopic (exact) mass is 242 g/mol. The molecule has 1 aromatic carbocycles. The molecule has 2 nitrogen and oxygen atoms in total. The first-order valence-corrected chi connectivity index (χ1v) is 4.09. The SMILES string of the molecule is O=C(O)C#Cc1ccc(F)c(Br)c1. The van der Waals surface area contributed by atoms with Crippen LogP contribution in [0, 0.1) is 17.7 Å². The molecule has 4 heteroatoms. The molecule has 13 heavy (non-hydrogen) atoms. The zero-order chi connectivity index (χ0) is 9.84. The van der Waals surface area contributed by atoms with Gasteiger partial charge in [0.15, 0.2) is 0 Å². The minimum atomic E-state index is -1.21. The number of carboxylic acids is 1. The van der Waals surface area contributed by atoms with Gasteiger partial charge in [0, 0.05) is 11.5 Å². The summed E-state index contributed by atoms with van der Waals surface area (Å²) in [5.41, 5.74) is 0.454. The molecule has 0 bridgehead atoms. The van der Waals surface area contributed by atoms with Crippen molar-refractivity contribution in [2.24, 2.45) is 0 Å². The maximum absolute atomic E-state index is 12.7. The van der Waals surface area contributed by atoms with Crippen molar-refractivity contribution in [1.82, 2.24) is 0 Å². The van der Waals surface area contributed by atoms with Crippen molar-refractivity contribution >= 4 is 21.9 Å². The van der Waals surface area contributed by atoms with Crippen molar-refractivity contribution in [2.45, 2.75) is 0 Å². The highest BCUT2D eigenvalue weighted by molar-refractivity contribution is 9.10. The van der Waals surface area contributed by atoms with Crippen LogP contribution in [0.1, 0.15) is 5.56 Å². The molecular weight excluding hydrogens is 239 g/mol. The summed E-state index contributed by atoms with van der Waals surface area (Å²) in [5.74, 6) is 2.69. The van der Waals surface area contributed by atoms with Gasteiger partial charge in [-0.3, -0.25) is 0 Å². The van der Waals surface area contributed by atoms with E-state index in [1.165, 1.54) is 18.2 Å². The lowest BCUT2D eigenvalue weighted by molar-refractivity contribution is -0.130. The van der Waals surface area contributed by atoms with Crippen LogP contribution in [0.5, 0.6) is 0 Å². The first-order chi connectivity index (χ1) is 6.09. The highest BCUT2D eigenvalue weighted by Crippen LogP contribution is 2.15. The molecule has 0 aliphatic carbocycles. The molecule has 0 saturated heterocycles. The van der Waals surface area contributed by atoms with Crippen LogP contribution in [0.3, 0.4) is 0 Å². The van der Waals surface area contributed by atoms with Gasteiger partial charge in [0.2, 0.25) is 0 Å². The number of benzene rings is 1. The number of aliphatic carboxylic acids is 1. The first kappa shape index (κ1) is 9.75. The van der Waals surface area contributed by atoms with Crippen molar-refractivity contribution in [3.63, 3.8) is 0 Å². The van der Waals surface area contributed by atoms with Crippen LogP contribution in [-0.4, -0.2) is 11.1 Å². The Kier molecular flexibility index (Phi) is 3.04. The quantitative estimate of drug-likeness (QED) is 0.708. The summed E-state index contributed by atoms with van der Waals surface area (Å²) in [6.45, 7) is 0. The Morgan fingerprint density at radius 2 is 2.23 bits per heavy atom. The van der Waals surface area contributed by atoms with Gasteiger partial charge in [0.25, 0.3) is 0 Å². The van der Waals surface area contributed by atoms with E-state index >= 15 is 0 Å². The van der Waals surface area contributed by atoms with Crippen molar-refractivity contribution in [3.8, 4) is 11.8 Å². The Labute approximate surface area is 82.5 Å². The van der Waals surface area contributed by atoms with Crippen LogP contribution in [0.4, 0.5) is 4.39 Å². The predicted molar refractivity (Wildman–Crippen MR) is 48.6 cm³/mol. The summed E-state index contributed by atoms with van der Waals surface area (Å²) in [4.78, 5) is 10.1. The second kappa shape index (κ2) is 4.06. The molecule has 0 aliphatic rings. The predicted octanol–water partition coefficient (Wildman–Crippen LogP) is 2.02. The van der Waals surface area contributed by atoms with Gasteiger partial charge in [-0.2, -0.15) is 0 Å². The van der Waals surface area contributed by atoms with E-state index in [1.807, 2.05) is 5.92 Å². The Balaban J connectivity index is 3.00. The third-order valence-corrected chi connectivity index (χ3v) is 1.84. The van der Waals surface area contributed by atoms with Crippen LogP contribution in [0.2, 0.25) is 0 Å². The van der Waals surface area contributed by atoms with E-state index in [9.17, 15) is 9.18 Å². The third kappa shape index (κ3) is 2.88. The van der Waals surface area contributed by atoms with E-state index in [1.54, 1.807) is 0 Å². The van der Waals surface area contributed by atoms with Gasteiger partial charge in [-0.1, -0.05) is 5.92 Å². The lowest BCUT2D eigenvalue weighted by atomic mass is 10.2. The lowest BCUT2D eigenvalue weighted by Gasteiger charge is -1.93. The number of hydrogen-bond acceptors (Lipinski definition) is 1. The molecule has 0 radical (unpaired) electrons. The summed E-state index contributed by atoms with van der Waals surface area (Å²) in [5, 5.41) is 8.24. The fourth-order valence-corrected chi connectivity index (χ4v) is 1.08. The van der Waals surface area contributed by atoms with Gasteiger partial charge in [0.05, 0.1) is 4.47 Å². The topological polar surface area (TPSA) is 37.3 Å². The molecule has 1 aromatic rings. The number of hydrogen-bond donors (Lipinski definition) is 1. The van der Waals surface area contributed by atoms with Gasteiger partial charge < -0.3 is 5.11 Å². The van der Waals surface area contributed by atoms with Gasteiger partial charge in [0.1, 0.15) is 5.82 Å². The van der Waals surface area contributed by atoms with E-state index in [2.05, 4.69) is 21.9 Å². The molecule has 66 valence electrons. The highest BCUT2D eigenvalue weighted by atomic mass is 79.9. The van der Waals surface area contributed by atoms with Crippen molar-refractivity contribution in [2.75, 3.05) is 0 Å². The molecule has 0 unspecified atom stereocenters. The van der Waals surface area contributed by atoms with E-state index < -0.39 is 11.8 Å². The van der Waals surface area contributed by atoms with Crippen LogP contribution in [-0.2, 0) is 4.79 Å². The smallest absolute Gasteiger partial charge is 0.382 e. The largest absolute Gasteiger partial charge is 0.472 e. The molecule has 0 aliphatic heterocycles. The molecule has 0 aromatic heterocycles. The summed E-state index contributed by atoms with van der Waals surface area (Å²) in [7, 11) is 0. The Hall–Kier alpha value is -1.34. The number of carboxylic acid groups (broad SMARTS) is 1. The second-order valence-corrected chi connectivity index (χ2v) is 3.04. The summed E-state index contributed by atoms with van der Waals surface area (Å²) < 4.78 is 13.0. The normalized spacial score (nSPS) is 8.77. The van der Waals surface area contributed by atoms with E-state index in [4.69, 9.17) is 5.11 Å². The van der Waals surface area contributed by atoms with Crippen LogP contribution >= 0.6 is 15.9 Å². The highest BCUT2D eigenvalue weighted by Gasteiger charge is 1.97. The third-order valence-electron chi connectivity index (χ3n) is 1.23. The zero-order valence-electron chi connectivity index (χ0n) is 6.34. The minimum Gasteiger partial charge on any atom is -0.472 e. The second-order valence-electron chi connectivity index (χ2n) is 2.18. The van der Waals surface area contributed by atoms with Crippen LogP contribution in [0.15, 0.2) is 22.7 Å². The van der Waals surface area contributed by atoms with Crippen molar-refractivity contribution < 1.29 is 14.3 Å². The van der Waals surface area contributed by atoms with E-state index in [0.29, 0.717) is 5.56 Å². The summed E-state index contributed by atoms with van der Waals surface area (Å²) >= 11 is 2.96. The molecule has 0 saturated carbocycles. The first-order valence-electron chi connectivity index (χ1n) is 3.29. The van der Waals surface area contributed by atoms with Crippen molar-refractivity contribution in [1.29, 1.82) is 0 Å². The van der Waals surface area contributed by atoms with Gasteiger partial charge in [-0.15, -0.1) is 0 Å². The fraction of sp³-hybridized carbons (Fsp3) is 0. The average Bonchev–Trinajstić information content (AvgIpc) is 2.07. The number of carbonyl (C=O) groups is 1. The molecule has 0 amide bonds. The molecular formula is C9H4BrFO2. The molecule has 0 fully saturated rings. The summed E-state index contributed by atoms with van der Waals surface area (Å²) in [6, 6.07) is 4.05. The standard InChI is InChI=1S/C9H4BrFO2/c10-7-5-6(1-3-8(7)11)2-4-9(12)13/h1,3,5H,(H,12,13). The van der Waals surface area contributed by atoms with Crippen LogP contribution < -0.4 is 0 Å². The van der Waals surface area contributed by atoms with Gasteiger partial charge in [-0.05, 0) is 34.1 Å². The molecule has 1 N–H and O–H groups in total. The summed E-state index contributed by atoms with van der Waals surface area (Å²) in [6.07, 6.45) is 0. The van der Waals surface area contributed by atoms with E-state index in [-0.39, 0.29) is 4.47 Å². The van der Waals surface area contributed by atoms with Crippen LogP contribution in [0.25, 0.3) is 0 Å². The molecule has 0 spiro atoms. The van der Waals surface area contributed by atoms with Crippen molar-refractivity contribution in [3.05, 3.63) is 34.1 Å². The van der Waals surface area contributed by atoms with Gasteiger partial charge >= 0.3 is 5.97 Å². The number of halogens is 2. The maximum Gasteiger partial charge on any atom is 0.382 e. The molecule has 1 rings (SSSR count). The Morgan fingerprint density at radius 1 is 1.54 bits per heavy atom. The maximum atomic E-state index is 12.7. The Bertz CT molecular complexity index is 404. The minimum absolute atomic E-state index is 0.268. The van der Waals surface area contributed by atoms with E-state index in [0.717, 1.165) is 0 Å². The molecule has 0 heterocycles. The fourth-order valence-electron chi connectivity index (χ4n) is 0.700. The van der Waals surface area contributed by atoms with Gasteiger partial charge in [-0.25, -0.2) is 9.18 Å². The average molecular weight is 243 g/mol. The zero-order valence-corrected chi connectivity index (χ0v) is 7.93.